The van der Waals surface area contributed by atoms with Crippen LogP contribution in [0.15, 0.2) is 46.9 Å². The summed E-state index contributed by atoms with van der Waals surface area (Å²) in [6, 6.07) is 13.0. The van der Waals surface area contributed by atoms with Gasteiger partial charge in [-0.2, -0.15) is 0 Å². The molecule has 20 heavy (non-hydrogen) atoms. The lowest BCUT2D eigenvalue weighted by atomic mass is 9.86. The van der Waals surface area contributed by atoms with Gasteiger partial charge in [-0.3, -0.25) is 0 Å². The van der Waals surface area contributed by atoms with Crippen LogP contribution in [0.2, 0.25) is 0 Å². The molecule has 0 aliphatic rings. The van der Waals surface area contributed by atoms with Crippen molar-refractivity contribution in [3.05, 3.63) is 63.9 Å². The second-order valence-corrected chi connectivity index (χ2v) is 6.74. The molecule has 0 saturated heterocycles. The second-order valence-electron chi connectivity index (χ2n) is 5.88. The van der Waals surface area contributed by atoms with Gasteiger partial charge in [0.25, 0.3) is 0 Å². The van der Waals surface area contributed by atoms with E-state index in [-0.39, 0.29) is 11.2 Å². The van der Waals surface area contributed by atoms with Crippen molar-refractivity contribution in [3.63, 3.8) is 0 Å². The summed E-state index contributed by atoms with van der Waals surface area (Å²) in [7, 11) is 0. The third-order valence-electron chi connectivity index (χ3n) is 3.21. The maximum atomic E-state index is 13.3. The predicted molar refractivity (Wildman–Crippen MR) is 86.6 cm³/mol. The number of benzene rings is 2. The zero-order valence-electron chi connectivity index (χ0n) is 12.0. The Hall–Kier alpha value is -1.35. The average molecular weight is 336 g/mol. The number of hydrogen-bond acceptors (Lipinski definition) is 1. The Balaban J connectivity index is 2.21. The summed E-state index contributed by atoms with van der Waals surface area (Å²) in [4.78, 5) is 0. The summed E-state index contributed by atoms with van der Waals surface area (Å²) in [5.41, 5.74) is 3.33. The molecule has 0 radical (unpaired) electrons. The van der Waals surface area contributed by atoms with Crippen molar-refractivity contribution in [1.29, 1.82) is 0 Å². The molecule has 106 valence electrons. The smallest absolute Gasteiger partial charge is 0.123 e. The Morgan fingerprint density at radius 1 is 1.10 bits per heavy atom. The zero-order valence-corrected chi connectivity index (χ0v) is 13.6. The van der Waals surface area contributed by atoms with E-state index in [2.05, 4.69) is 54.2 Å². The van der Waals surface area contributed by atoms with Gasteiger partial charge in [-0.1, -0.05) is 54.9 Å². The van der Waals surface area contributed by atoms with Gasteiger partial charge < -0.3 is 5.32 Å². The molecule has 0 heterocycles. The van der Waals surface area contributed by atoms with Gasteiger partial charge in [-0.15, -0.1) is 0 Å². The first kappa shape index (κ1) is 15.0. The molecule has 0 saturated carbocycles. The second kappa shape index (κ2) is 5.96. The summed E-state index contributed by atoms with van der Waals surface area (Å²) < 4.78 is 14.2. The molecule has 0 bridgehead atoms. The van der Waals surface area contributed by atoms with Gasteiger partial charge in [0.05, 0.1) is 0 Å². The molecule has 0 aromatic heterocycles. The average Bonchev–Trinajstić information content (AvgIpc) is 2.39. The number of anilines is 1. The van der Waals surface area contributed by atoms with Crippen LogP contribution in [0.5, 0.6) is 0 Å². The molecule has 0 amide bonds. The zero-order chi connectivity index (χ0) is 14.8. The Morgan fingerprint density at radius 3 is 2.50 bits per heavy atom. The molecular formula is C17H19BrFN. The fourth-order valence-corrected chi connectivity index (χ4v) is 2.55. The molecule has 1 nitrogen and oxygen atoms in total. The van der Waals surface area contributed by atoms with E-state index in [1.165, 1.54) is 11.6 Å². The van der Waals surface area contributed by atoms with Crippen LogP contribution in [-0.4, -0.2) is 0 Å². The van der Waals surface area contributed by atoms with Crippen LogP contribution in [0.1, 0.15) is 31.9 Å². The number of rotatable bonds is 3. The molecule has 3 heteroatoms. The monoisotopic (exact) mass is 335 g/mol. The van der Waals surface area contributed by atoms with Crippen molar-refractivity contribution < 1.29 is 4.39 Å². The molecule has 0 atom stereocenters. The molecule has 0 unspecified atom stereocenters. The predicted octanol–water partition coefficient (Wildman–Crippen LogP) is 5.50. The van der Waals surface area contributed by atoms with Crippen LogP contribution in [-0.2, 0) is 12.0 Å². The van der Waals surface area contributed by atoms with Crippen molar-refractivity contribution in [1.82, 2.24) is 0 Å². The van der Waals surface area contributed by atoms with Crippen LogP contribution < -0.4 is 5.32 Å². The lowest BCUT2D eigenvalue weighted by Crippen LogP contribution is -2.14. The first-order valence-corrected chi connectivity index (χ1v) is 7.44. The van der Waals surface area contributed by atoms with Crippen molar-refractivity contribution in [2.75, 3.05) is 5.32 Å². The molecule has 2 rings (SSSR count). The number of para-hydroxylation sites is 1. The SMILES string of the molecule is CC(C)(C)c1ccccc1NCc1cc(F)ccc1Br. The highest BCUT2D eigenvalue weighted by Crippen LogP contribution is 2.30. The van der Waals surface area contributed by atoms with Crippen LogP contribution in [0.25, 0.3) is 0 Å². The fourth-order valence-electron chi connectivity index (χ4n) is 2.16. The van der Waals surface area contributed by atoms with Gasteiger partial charge in [0, 0.05) is 16.7 Å². The van der Waals surface area contributed by atoms with Crippen LogP contribution >= 0.6 is 15.9 Å². The van der Waals surface area contributed by atoms with Gasteiger partial charge in [-0.05, 0) is 40.8 Å². The first-order chi connectivity index (χ1) is 9.38. The minimum absolute atomic E-state index is 0.0722. The Bertz CT molecular complexity index is 602. The Labute approximate surface area is 128 Å². The van der Waals surface area contributed by atoms with Gasteiger partial charge in [0.15, 0.2) is 0 Å². The van der Waals surface area contributed by atoms with E-state index in [4.69, 9.17) is 0 Å². The quantitative estimate of drug-likeness (QED) is 0.781. The number of halogens is 2. The van der Waals surface area contributed by atoms with Crippen molar-refractivity contribution in [2.24, 2.45) is 0 Å². The summed E-state index contributed by atoms with van der Waals surface area (Å²) in [6.07, 6.45) is 0. The van der Waals surface area contributed by atoms with Crippen LogP contribution in [0, 0.1) is 5.82 Å². The molecule has 0 aliphatic heterocycles. The molecule has 0 aliphatic carbocycles. The van der Waals surface area contributed by atoms with E-state index in [0.717, 1.165) is 15.7 Å². The van der Waals surface area contributed by atoms with E-state index >= 15 is 0 Å². The molecule has 2 aromatic carbocycles. The first-order valence-electron chi connectivity index (χ1n) is 6.65. The minimum atomic E-state index is -0.214. The molecule has 2 aromatic rings. The van der Waals surface area contributed by atoms with E-state index in [9.17, 15) is 4.39 Å². The van der Waals surface area contributed by atoms with E-state index in [0.29, 0.717) is 6.54 Å². The Morgan fingerprint density at radius 2 is 1.80 bits per heavy atom. The molecule has 1 N–H and O–H groups in total. The molecule has 0 fully saturated rings. The van der Waals surface area contributed by atoms with E-state index in [1.54, 1.807) is 12.1 Å². The third kappa shape index (κ3) is 3.60. The summed E-state index contributed by atoms with van der Waals surface area (Å²) in [5.74, 6) is -0.214. The van der Waals surface area contributed by atoms with Crippen molar-refractivity contribution >= 4 is 21.6 Å². The minimum Gasteiger partial charge on any atom is -0.381 e. The topological polar surface area (TPSA) is 12.0 Å². The molecular weight excluding hydrogens is 317 g/mol. The lowest BCUT2D eigenvalue weighted by molar-refractivity contribution is 0.591. The summed E-state index contributed by atoms with van der Waals surface area (Å²) in [5, 5.41) is 3.41. The maximum absolute atomic E-state index is 13.3. The summed E-state index contributed by atoms with van der Waals surface area (Å²) >= 11 is 3.46. The largest absolute Gasteiger partial charge is 0.381 e. The van der Waals surface area contributed by atoms with Gasteiger partial charge in [0.2, 0.25) is 0 Å². The van der Waals surface area contributed by atoms with Crippen molar-refractivity contribution in [3.8, 4) is 0 Å². The number of nitrogens with one attached hydrogen (secondary N) is 1. The number of hydrogen-bond donors (Lipinski definition) is 1. The van der Waals surface area contributed by atoms with Gasteiger partial charge in [-0.25, -0.2) is 4.39 Å². The lowest BCUT2D eigenvalue weighted by Gasteiger charge is -2.23. The highest BCUT2D eigenvalue weighted by Gasteiger charge is 2.17. The van der Waals surface area contributed by atoms with Crippen LogP contribution in [0.4, 0.5) is 10.1 Å². The Kier molecular flexibility index (Phi) is 4.48. The van der Waals surface area contributed by atoms with Crippen molar-refractivity contribution in [2.45, 2.75) is 32.7 Å². The van der Waals surface area contributed by atoms with Gasteiger partial charge >= 0.3 is 0 Å². The van der Waals surface area contributed by atoms with Gasteiger partial charge in [0.1, 0.15) is 5.82 Å². The third-order valence-corrected chi connectivity index (χ3v) is 3.99. The standard InChI is InChI=1S/C17H19BrFN/c1-17(2,3)14-6-4-5-7-16(14)20-11-12-10-13(19)8-9-15(12)18/h4-10,20H,11H2,1-3H3. The highest BCUT2D eigenvalue weighted by molar-refractivity contribution is 9.10. The van der Waals surface area contributed by atoms with E-state index < -0.39 is 0 Å². The highest BCUT2D eigenvalue weighted by atomic mass is 79.9. The summed E-state index contributed by atoms with van der Waals surface area (Å²) in [6.45, 7) is 7.15. The maximum Gasteiger partial charge on any atom is 0.123 e. The van der Waals surface area contributed by atoms with E-state index in [1.807, 2.05) is 12.1 Å². The normalized spacial score (nSPS) is 11.4. The molecule has 0 spiro atoms. The van der Waals surface area contributed by atoms with Crippen LogP contribution in [0.3, 0.4) is 0 Å². The fraction of sp³-hybridized carbons (Fsp3) is 0.294.